The highest BCUT2D eigenvalue weighted by Gasteiger charge is 2.19. The van der Waals surface area contributed by atoms with Gasteiger partial charge < -0.3 is 11.1 Å². The average Bonchev–Trinajstić information content (AvgIpc) is 2.37. The lowest BCUT2D eigenvalue weighted by Crippen LogP contribution is -2.44. The first kappa shape index (κ1) is 17.4. The van der Waals surface area contributed by atoms with E-state index >= 15 is 0 Å². The van der Waals surface area contributed by atoms with Gasteiger partial charge in [0.15, 0.2) is 0 Å². The molecule has 0 fully saturated rings. The summed E-state index contributed by atoms with van der Waals surface area (Å²) in [6.45, 7) is 5.82. The lowest BCUT2D eigenvalue weighted by molar-refractivity contribution is -0.120. The Morgan fingerprint density at radius 1 is 1.33 bits per heavy atom. The number of carbonyl (C=O) groups is 2. The summed E-state index contributed by atoms with van der Waals surface area (Å²) in [5, 5.41) is 2.85. The zero-order valence-electron chi connectivity index (χ0n) is 12.6. The Morgan fingerprint density at radius 3 is 2.57 bits per heavy atom. The van der Waals surface area contributed by atoms with Gasteiger partial charge in [-0.1, -0.05) is 19.1 Å². The van der Waals surface area contributed by atoms with Crippen molar-refractivity contribution in [2.45, 2.75) is 38.5 Å². The maximum absolute atomic E-state index is 12.0. The van der Waals surface area contributed by atoms with Crippen LogP contribution in [0, 0.1) is 0 Å². The van der Waals surface area contributed by atoms with Gasteiger partial charge in [0.2, 0.25) is 11.8 Å². The van der Waals surface area contributed by atoms with E-state index in [1.165, 1.54) is 0 Å². The molecule has 0 aromatic heterocycles. The van der Waals surface area contributed by atoms with Crippen LogP contribution in [0.1, 0.15) is 43.1 Å². The Morgan fingerprint density at radius 2 is 2.00 bits per heavy atom. The van der Waals surface area contributed by atoms with Crippen molar-refractivity contribution >= 4 is 22.6 Å². The predicted octanol–water partition coefficient (Wildman–Crippen LogP) is 1.34. The number of carbonyl (C=O) groups excluding carboxylic acids is 2. The van der Waals surface area contributed by atoms with Gasteiger partial charge in [0.25, 0.3) is 0 Å². The van der Waals surface area contributed by atoms with Crippen LogP contribution in [0.2, 0.25) is 0 Å². The van der Waals surface area contributed by atoms with E-state index in [-0.39, 0.29) is 23.0 Å². The molecule has 0 aliphatic rings. The van der Waals surface area contributed by atoms with Gasteiger partial charge in [0, 0.05) is 27.7 Å². The number of hydrogen-bond donors (Lipinski definition) is 2. The van der Waals surface area contributed by atoms with Gasteiger partial charge in [-0.05, 0) is 38.0 Å². The standard InChI is InChI=1S/C15H22N2O3S/c1-4-15(2,3)17-13(18)10-21(20)9-11-6-5-7-12(8-11)14(16)19/h5-8H,4,9-10H2,1-3H3,(H2,16,19)(H,17,18)/t21-/m1/s1. The SMILES string of the molecule is CCC(C)(C)NC(=O)C[S@](=O)Cc1cccc(C(N)=O)c1. The topological polar surface area (TPSA) is 89.3 Å². The number of rotatable bonds is 7. The number of primary amides is 1. The molecule has 0 unspecified atom stereocenters. The molecule has 2 amide bonds. The van der Waals surface area contributed by atoms with Crippen LogP contribution in [0.4, 0.5) is 0 Å². The van der Waals surface area contributed by atoms with Gasteiger partial charge in [-0.25, -0.2) is 0 Å². The van der Waals surface area contributed by atoms with Gasteiger partial charge in [-0.2, -0.15) is 0 Å². The van der Waals surface area contributed by atoms with Crippen molar-refractivity contribution in [2.24, 2.45) is 5.73 Å². The van der Waals surface area contributed by atoms with Gasteiger partial charge in [-0.15, -0.1) is 0 Å². The third kappa shape index (κ3) is 6.08. The first-order valence-corrected chi connectivity index (χ1v) is 8.27. The lowest BCUT2D eigenvalue weighted by atomic mass is 10.0. The second kappa shape index (κ2) is 7.36. The predicted molar refractivity (Wildman–Crippen MR) is 84.2 cm³/mol. The maximum atomic E-state index is 12.0. The molecular formula is C15H22N2O3S. The zero-order chi connectivity index (χ0) is 16.0. The number of nitrogens with one attached hydrogen (secondary N) is 1. The van der Waals surface area contributed by atoms with Crippen molar-refractivity contribution in [1.29, 1.82) is 0 Å². The fourth-order valence-electron chi connectivity index (χ4n) is 1.70. The summed E-state index contributed by atoms with van der Waals surface area (Å²) in [4.78, 5) is 22.9. The summed E-state index contributed by atoms with van der Waals surface area (Å²) in [5.74, 6) is -0.581. The molecule has 3 N–H and O–H groups in total. The average molecular weight is 310 g/mol. The van der Waals surface area contributed by atoms with E-state index in [4.69, 9.17) is 5.73 Å². The second-order valence-corrected chi connectivity index (χ2v) is 7.04. The van der Waals surface area contributed by atoms with Crippen molar-refractivity contribution in [3.63, 3.8) is 0 Å². The number of nitrogens with two attached hydrogens (primary N) is 1. The van der Waals surface area contributed by atoms with Crippen LogP contribution >= 0.6 is 0 Å². The molecule has 0 bridgehead atoms. The summed E-state index contributed by atoms with van der Waals surface area (Å²) in [5.41, 5.74) is 6.01. The Labute approximate surface area is 127 Å². The zero-order valence-corrected chi connectivity index (χ0v) is 13.5. The smallest absolute Gasteiger partial charge is 0.248 e. The fraction of sp³-hybridized carbons (Fsp3) is 0.467. The molecule has 116 valence electrons. The number of amides is 2. The monoisotopic (exact) mass is 310 g/mol. The van der Waals surface area contributed by atoms with Gasteiger partial charge in [0.1, 0.15) is 5.75 Å². The van der Waals surface area contributed by atoms with Crippen LogP contribution in [0.25, 0.3) is 0 Å². The van der Waals surface area contributed by atoms with E-state index in [0.29, 0.717) is 5.56 Å². The van der Waals surface area contributed by atoms with E-state index in [2.05, 4.69) is 5.32 Å². The minimum absolute atomic E-state index is 0.0514. The van der Waals surface area contributed by atoms with Crippen LogP contribution < -0.4 is 11.1 Å². The molecule has 1 aromatic rings. The molecule has 0 saturated carbocycles. The minimum atomic E-state index is -1.32. The highest BCUT2D eigenvalue weighted by molar-refractivity contribution is 7.84. The molecule has 0 aliphatic heterocycles. The summed E-state index contributed by atoms with van der Waals surface area (Å²) >= 11 is 0. The van der Waals surface area contributed by atoms with E-state index < -0.39 is 16.7 Å². The molecule has 21 heavy (non-hydrogen) atoms. The lowest BCUT2D eigenvalue weighted by Gasteiger charge is -2.24. The van der Waals surface area contributed by atoms with Crippen LogP contribution in [0.3, 0.4) is 0 Å². The maximum Gasteiger partial charge on any atom is 0.248 e. The van der Waals surface area contributed by atoms with Crippen molar-refractivity contribution in [3.05, 3.63) is 35.4 Å². The first-order valence-electron chi connectivity index (χ1n) is 6.78. The highest BCUT2D eigenvalue weighted by atomic mass is 32.2. The molecule has 1 rings (SSSR count). The Hall–Kier alpha value is -1.69. The molecule has 5 nitrogen and oxygen atoms in total. The van der Waals surface area contributed by atoms with Crippen molar-refractivity contribution < 1.29 is 13.8 Å². The molecule has 0 saturated heterocycles. The van der Waals surface area contributed by atoms with Crippen molar-refractivity contribution in [2.75, 3.05) is 5.75 Å². The van der Waals surface area contributed by atoms with E-state index in [1.807, 2.05) is 20.8 Å². The number of benzene rings is 1. The van der Waals surface area contributed by atoms with Crippen molar-refractivity contribution in [1.82, 2.24) is 5.32 Å². The summed E-state index contributed by atoms with van der Waals surface area (Å²) in [6.07, 6.45) is 0.798. The highest BCUT2D eigenvalue weighted by Crippen LogP contribution is 2.09. The quantitative estimate of drug-likeness (QED) is 0.796. The number of hydrogen-bond acceptors (Lipinski definition) is 3. The van der Waals surface area contributed by atoms with Gasteiger partial charge >= 0.3 is 0 Å². The summed E-state index contributed by atoms with van der Waals surface area (Å²) < 4.78 is 12.0. The van der Waals surface area contributed by atoms with Gasteiger partial charge in [-0.3, -0.25) is 13.8 Å². The Bertz CT molecular complexity index is 556. The molecule has 0 spiro atoms. The third-order valence-electron chi connectivity index (χ3n) is 3.19. The van der Waals surface area contributed by atoms with Crippen LogP contribution in [0.15, 0.2) is 24.3 Å². The van der Waals surface area contributed by atoms with Crippen LogP contribution in [-0.4, -0.2) is 27.3 Å². The largest absolute Gasteiger partial charge is 0.366 e. The minimum Gasteiger partial charge on any atom is -0.366 e. The van der Waals surface area contributed by atoms with E-state index in [1.54, 1.807) is 24.3 Å². The van der Waals surface area contributed by atoms with Crippen LogP contribution in [-0.2, 0) is 21.3 Å². The Balaban J connectivity index is 2.60. The molecule has 1 aromatic carbocycles. The second-order valence-electron chi connectivity index (χ2n) is 5.58. The Kier molecular flexibility index (Phi) is 6.08. The molecule has 0 radical (unpaired) electrons. The van der Waals surface area contributed by atoms with Crippen molar-refractivity contribution in [3.8, 4) is 0 Å². The van der Waals surface area contributed by atoms with Crippen LogP contribution in [0.5, 0.6) is 0 Å². The molecule has 0 aliphatic carbocycles. The normalized spacial score (nSPS) is 12.7. The summed E-state index contributed by atoms with van der Waals surface area (Å²) in [6, 6.07) is 6.66. The molecule has 0 heterocycles. The van der Waals surface area contributed by atoms with E-state index in [0.717, 1.165) is 12.0 Å². The molecule has 6 heteroatoms. The van der Waals surface area contributed by atoms with Gasteiger partial charge in [0.05, 0.1) is 0 Å². The van der Waals surface area contributed by atoms with E-state index in [9.17, 15) is 13.8 Å². The molecular weight excluding hydrogens is 288 g/mol. The molecule has 1 atom stereocenters. The summed E-state index contributed by atoms with van der Waals surface area (Å²) in [7, 11) is -1.32. The fourth-order valence-corrected chi connectivity index (χ4v) is 2.72. The first-order chi connectivity index (χ1) is 9.73. The third-order valence-corrected chi connectivity index (χ3v) is 4.43.